The van der Waals surface area contributed by atoms with Crippen molar-refractivity contribution in [1.82, 2.24) is 0 Å². The van der Waals surface area contributed by atoms with E-state index in [1.807, 2.05) is 18.2 Å². The van der Waals surface area contributed by atoms with Gasteiger partial charge in [-0.05, 0) is 12.1 Å². The quantitative estimate of drug-likeness (QED) is 0.617. The lowest BCUT2D eigenvalue weighted by Crippen LogP contribution is -2.09. The van der Waals surface area contributed by atoms with E-state index < -0.39 is 0 Å². The second-order valence-electron chi connectivity index (χ2n) is 5.04. The zero-order valence-corrected chi connectivity index (χ0v) is 11.3. The Kier molecular flexibility index (Phi) is 5.89. The molecule has 1 aliphatic heterocycles. The van der Waals surface area contributed by atoms with Crippen molar-refractivity contribution in [2.75, 3.05) is 13.2 Å². The Hall–Kier alpha value is -1.35. The van der Waals surface area contributed by atoms with Crippen LogP contribution in [0.2, 0.25) is 0 Å². The highest BCUT2D eigenvalue weighted by Crippen LogP contribution is 2.15. The van der Waals surface area contributed by atoms with Gasteiger partial charge in [-0.3, -0.25) is 0 Å². The second kappa shape index (κ2) is 7.95. The maximum atomic E-state index is 11.3. The smallest absolute Gasteiger partial charge is 0.338 e. The van der Waals surface area contributed by atoms with Crippen molar-refractivity contribution in [2.24, 2.45) is 0 Å². The van der Waals surface area contributed by atoms with E-state index in [0.717, 1.165) is 0 Å². The van der Waals surface area contributed by atoms with Gasteiger partial charge in [0.2, 0.25) is 0 Å². The number of hydrogen-bond acceptors (Lipinski definition) is 3. The molecule has 19 heavy (non-hydrogen) atoms. The maximum absolute atomic E-state index is 11.3. The van der Waals surface area contributed by atoms with Crippen LogP contribution in [0.15, 0.2) is 30.3 Å². The molecule has 3 nitrogen and oxygen atoms in total. The van der Waals surface area contributed by atoms with E-state index in [1.54, 1.807) is 12.1 Å². The Labute approximate surface area is 114 Å². The van der Waals surface area contributed by atoms with Crippen molar-refractivity contribution >= 4 is 5.97 Å². The van der Waals surface area contributed by atoms with Crippen molar-refractivity contribution in [2.45, 2.75) is 44.6 Å². The molecule has 0 amide bonds. The molecule has 1 aromatic rings. The van der Waals surface area contributed by atoms with Crippen LogP contribution in [-0.4, -0.2) is 25.3 Å². The molecule has 1 saturated carbocycles. The van der Waals surface area contributed by atoms with Gasteiger partial charge in [-0.15, -0.1) is 0 Å². The summed E-state index contributed by atoms with van der Waals surface area (Å²) in [4.78, 5) is 11.3. The highest BCUT2D eigenvalue weighted by molar-refractivity contribution is 5.89. The molecule has 3 heteroatoms. The van der Waals surface area contributed by atoms with Gasteiger partial charge in [-0.1, -0.05) is 56.7 Å². The Balaban J connectivity index is 0.000000186. The fourth-order valence-electron chi connectivity index (χ4n) is 2.05. The fourth-order valence-corrected chi connectivity index (χ4v) is 2.05. The van der Waals surface area contributed by atoms with Crippen LogP contribution >= 0.6 is 0 Å². The minimum Gasteiger partial charge on any atom is -0.459 e. The van der Waals surface area contributed by atoms with E-state index in [4.69, 9.17) is 9.47 Å². The molecule has 1 saturated heterocycles. The lowest BCUT2D eigenvalue weighted by Gasteiger charge is -2.05. The van der Waals surface area contributed by atoms with E-state index in [-0.39, 0.29) is 12.1 Å². The molecule has 0 spiro atoms. The summed E-state index contributed by atoms with van der Waals surface area (Å²) in [6.07, 6.45) is 9.13. The van der Waals surface area contributed by atoms with Crippen molar-refractivity contribution in [1.29, 1.82) is 0 Å². The molecule has 2 fully saturated rings. The predicted octanol–water partition coefficient (Wildman–Crippen LogP) is 3.58. The van der Waals surface area contributed by atoms with Crippen LogP contribution in [0.1, 0.15) is 48.9 Å². The van der Waals surface area contributed by atoms with Gasteiger partial charge in [0.1, 0.15) is 12.7 Å². The first kappa shape index (κ1) is 14.1. The molecule has 0 radical (unpaired) electrons. The van der Waals surface area contributed by atoms with Crippen molar-refractivity contribution in [3.63, 3.8) is 0 Å². The van der Waals surface area contributed by atoms with Crippen LogP contribution < -0.4 is 0 Å². The summed E-state index contributed by atoms with van der Waals surface area (Å²) in [5.41, 5.74) is 0.586. The van der Waals surface area contributed by atoms with Crippen LogP contribution in [0, 0.1) is 0 Å². The largest absolute Gasteiger partial charge is 0.459 e. The molecule has 0 aromatic heterocycles. The summed E-state index contributed by atoms with van der Waals surface area (Å²) in [7, 11) is 0. The average molecular weight is 262 g/mol. The standard InChI is InChI=1S/C10H10O3.C6H12/c11-10(13-7-9-6-12-9)8-4-2-1-3-5-8;1-2-4-6-5-3-1/h1-5,9H,6-7H2;1-6H2. The normalized spacial score (nSPS) is 20.9. The van der Waals surface area contributed by atoms with Gasteiger partial charge in [0.15, 0.2) is 0 Å². The van der Waals surface area contributed by atoms with E-state index in [0.29, 0.717) is 18.8 Å². The number of ether oxygens (including phenoxy) is 2. The van der Waals surface area contributed by atoms with Crippen molar-refractivity contribution in [3.8, 4) is 0 Å². The minimum atomic E-state index is -0.281. The lowest BCUT2D eigenvalue weighted by atomic mass is 10.0. The monoisotopic (exact) mass is 262 g/mol. The number of rotatable bonds is 3. The maximum Gasteiger partial charge on any atom is 0.338 e. The van der Waals surface area contributed by atoms with Gasteiger partial charge < -0.3 is 9.47 Å². The Bertz CT molecular complexity index is 355. The average Bonchev–Trinajstić information content (AvgIpc) is 3.32. The molecule has 1 atom stereocenters. The molecule has 1 aliphatic carbocycles. The fraction of sp³-hybridized carbons (Fsp3) is 0.562. The van der Waals surface area contributed by atoms with E-state index in [1.165, 1.54) is 38.5 Å². The third-order valence-electron chi connectivity index (χ3n) is 3.31. The molecule has 1 unspecified atom stereocenters. The van der Waals surface area contributed by atoms with E-state index in [2.05, 4.69) is 0 Å². The summed E-state index contributed by atoms with van der Waals surface area (Å²) < 4.78 is 9.91. The van der Waals surface area contributed by atoms with Gasteiger partial charge in [0, 0.05) is 0 Å². The molecule has 0 bridgehead atoms. The van der Waals surface area contributed by atoms with Crippen LogP contribution in [0.5, 0.6) is 0 Å². The van der Waals surface area contributed by atoms with Crippen LogP contribution in [0.25, 0.3) is 0 Å². The van der Waals surface area contributed by atoms with Gasteiger partial charge >= 0.3 is 5.97 Å². The van der Waals surface area contributed by atoms with Crippen LogP contribution in [-0.2, 0) is 9.47 Å². The van der Waals surface area contributed by atoms with Crippen LogP contribution in [0.4, 0.5) is 0 Å². The number of carbonyl (C=O) groups is 1. The SMILES string of the molecule is C1CCCCC1.O=C(OCC1CO1)c1ccccc1. The van der Waals surface area contributed by atoms with Gasteiger partial charge in [0.25, 0.3) is 0 Å². The molecule has 1 aromatic carbocycles. The number of esters is 1. The molecule has 3 rings (SSSR count). The molecule has 0 N–H and O–H groups in total. The van der Waals surface area contributed by atoms with Gasteiger partial charge in [0.05, 0.1) is 12.2 Å². The molecule has 2 aliphatic rings. The zero-order chi connectivity index (χ0) is 13.3. The summed E-state index contributed by atoms with van der Waals surface area (Å²) >= 11 is 0. The van der Waals surface area contributed by atoms with E-state index in [9.17, 15) is 4.79 Å². The number of epoxide rings is 1. The summed E-state index contributed by atoms with van der Waals surface area (Å²) in [5.74, 6) is -0.281. The van der Waals surface area contributed by atoms with E-state index >= 15 is 0 Å². The first-order chi connectivity index (χ1) is 9.36. The number of carbonyl (C=O) groups excluding carboxylic acids is 1. The highest BCUT2D eigenvalue weighted by Gasteiger charge is 2.24. The summed E-state index contributed by atoms with van der Waals surface area (Å²) in [5, 5.41) is 0. The van der Waals surface area contributed by atoms with Gasteiger partial charge in [-0.25, -0.2) is 4.79 Å². The zero-order valence-electron chi connectivity index (χ0n) is 11.3. The number of benzene rings is 1. The second-order valence-corrected chi connectivity index (χ2v) is 5.04. The predicted molar refractivity (Wildman–Crippen MR) is 74.2 cm³/mol. The topological polar surface area (TPSA) is 38.8 Å². The Morgan fingerprint density at radius 3 is 2.05 bits per heavy atom. The van der Waals surface area contributed by atoms with Crippen molar-refractivity contribution < 1.29 is 14.3 Å². The molecule has 1 heterocycles. The molecular weight excluding hydrogens is 240 g/mol. The minimum absolute atomic E-state index is 0.132. The third-order valence-corrected chi connectivity index (χ3v) is 3.31. The highest BCUT2D eigenvalue weighted by atomic mass is 16.6. The van der Waals surface area contributed by atoms with Gasteiger partial charge in [-0.2, -0.15) is 0 Å². The third kappa shape index (κ3) is 5.88. The van der Waals surface area contributed by atoms with Crippen molar-refractivity contribution in [3.05, 3.63) is 35.9 Å². The number of hydrogen-bond donors (Lipinski definition) is 0. The first-order valence-corrected chi connectivity index (χ1v) is 7.20. The summed E-state index contributed by atoms with van der Waals surface area (Å²) in [6.45, 7) is 1.08. The molecule has 104 valence electrons. The Morgan fingerprint density at radius 1 is 1.05 bits per heavy atom. The van der Waals surface area contributed by atoms with Crippen LogP contribution in [0.3, 0.4) is 0 Å². The Morgan fingerprint density at radius 2 is 1.58 bits per heavy atom. The lowest BCUT2D eigenvalue weighted by molar-refractivity contribution is 0.0476. The first-order valence-electron chi connectivity index (χ1n) is 7.20. The summed E-state index contributed by atoms with van der Waals surface area (Å²) in [6, 6.07) is 8.95. The molecular formula is C16H22O3.